The fraction of sp³-hybridized carbons (Fsp3) is 0.111. The maximum absolute atomic E-state index is 6.84. The first-order valence-corrected chi connectivity index (χ1v) is 11.4. The molecule has 2 aromatic rings. The van der Waals surface area contributed by atoms with Crippen molar-refractivity contribution in [3.63, 3.8) is 0 Å². The Balaban J connectivity index is 2.27. The molecule has 0 atom stereocenters. The van der Waals surface area contributed by atoms with Gasteiger partial charge in [-0.15, -0.1) is 0 Å². The first-order valence-electron chi connectivity index (χ1n) is 6.95. The molecular formula is C18H16ClISi. The van der Waals surface area contributed by atoms with Gasteiger partial charge in [0.1, 0.15) is 8.07 Å². The van der Waals surface area contributed by atoms with Gasteiger partial charge < -0.3 is 0 Å². The average molecular weight is 423 g/mol. The normalized spacial score (nSPS) is 17.5. The molecule has 0 unspecified atom stereocenters. The van der Waals surface area contributed by atoms with Gasteiger partial charge in [0.05, 0.1) is 0 Å². The van der Waals surface area contributed by atoms with Crippen molar-refractivity contribution in [1.82, 2.24) is 0 Å². The lowest BCUT2D eigenvalue weighted by Crippen LogP contribution is -2.24. The molecule has 3 heteroatoms. The van der Waals surface area contributed by atoms with Crippen LogP contribution in [-0.4, -0.2) is 8.07 Å². The van der Waals surface area contributed by atoms with Crippen LogP contribution in [0.25, 0.3) is 11.1 Å². The topological polar surface area (TPSA) is 0 Å². The molecule has 0 saturated heterocycles. The minimum atomic E-state index is -1.73. The van der Waals surface area contributed by atoms with Gasteiger partial charge in [-0.05, 0) is 19.9 Å². The smallest absolute Gasteiger partial charge is 0.0931 e. The van der Waals surface area contributed by atoms with Crippen molar-refractivity contribution in [3.05, 3.63) is 79.6 Å². The van der Waals surface area contributed by atoms with Crippen LogP contribution in [0.2, 0.25) is 13.1 Å². The van der Waals surface area contributed by atoms with E-state index in [1.807, 2.05) is 6.07 Å². The van der Waals surface area contributed by atoms with Crippen LogP contribution >= 0.6 is 34.2 Å². The monoisotopic (exact) mass is 422 g/mol. The van der Waals surface area contributed by atoms with Crippen molar-refractivity contribution in [2.75, 3.05) is 0 Å². The summed E-state index contributed by atoms with van der Waals surface area (Å²) < 4.78 is 2.51. The van der Waals surface area contributed by atoms with Crippen LogP contribution < -0.4 is 0 Å². The second kappa shape index (κ2) is 5.74. The fourth-order valence-electron chi connectivity index (χ4n) is 2.69. The number of hydrogen-bond acceptors (Lipinski definition) is 0. The van der Waals surface area contributed by atoms with E-state index in [1.54, 1.807) is 0 Å². The van der Waals surface area contributed by atoms with Crippen LogP contribution in [0.15, 0.2) is 68.5 Å². The van der Waals surface area contributed by atoms with Gasteiger partial charge in [0.15, 0.2) is 0 Å². The maximum Gasteiger partial charge on any atom is 0.136 e. The van der Waals surface area contributed by atoms with Gasteiger partial charge in [-0.2, -0.15) is 0 Å². The number of hydrogen-bond donors (Lipinski definition) is 0. The summed E-state index contributed by atoms with van der Waals surface area (Å²) >= 11 is 9.35. The second-order valence-corrected chi connectivity index (χ2v) is 12.8. The molecule has 0 amide bonds. The predicted octanol–water partition coefficient (Wildman–Crippen LogP) is 6.28. The Bertz CT molecular complexity index is 667. The van der Waals surface area contributed by atoms with Gasteiger partial charge in [-0.25, -0.2) is 0 Å². The number of allylic oxidation sites excluding steroid dienone is 2. The van der Waals surface area contributed by atoms with Crippen LogP contribution in [0.3, 0.4) is 0 Å². The SMILES string of the molecule is C[Si]1(C)C(Cl)=C(c2ccccc2)C(c2ccccc2)=C1I. The van der Waals surface area contributed by atoms with Gasteiger partial charge in [-0.1, -0.05) is 108 Å². The molecule has 21 heavy (non-hydrogen) atoms. The summed E-state index contributed by atoms with van der Waals surface area (Å²) in [6, 6.07) is 21.1. The molecular weight excluding hydrogens is 407 g/mol. The minimum Gasteiger partial charge on any atom is -0.0931 e. The molecule has 0 aliphatic carbocycles. The molecule has 0 aromatic heterocycles. The van der Waals surface area contributed by atoms with E-state index in [0.29, 0.717) is 0 Å². The van der Waals surface area contributed by atoms with Crippen molar-refractivity contribution < 1.29 is 0 Å². The predicted molar refractivity (Wildman–Crippen MR) is 104 cm³/mol. The Morgan fingerprint density at radius 3 is 1.67 bits per heavy atom. The highest BCUT2D eigenvalue weighted by Crippen LogP contribution is 2.51. The van der Waals surface area contributed by atoms with Crippen molar-refractivity contribution in [1.29, 1.82) is 0 Å². The summed E-state index contributed by atoms with van der Waals surface area (Å²) in [5.74, 6) is 0. The van der Waals surface area contributed by atoms with Gasteiger partial charge in [-0.3, -0.25) is 0 Å². The van der Waals surface area contributed by atoms with E-state index in [-0.39, 0.29) is 0 Å². The van der Waals surface area contributed by atoms with Crippen molar-refractivity contribution in [2.45, 2.75) is 13.1 Å². The zero-order valence-corrected chi connectivity index (χ0v) is 15.9. The minimum absolute atomic E-state index is 1.07. The Morgan fingerprint density at radius 1 is 0.762 bits per heavy atom. The Labute approximate surface area is 145 Å². The molecule has 3 rings (SSSR count). The lowest BCUT2D eigenvalue weighted by atomic mass is 9.95. The zero-order chi connectivity index (χ0) is 15.0. The fourth-order valence-corrected chi connectivity index (χ4v) is 7.03. The van der Waals surface area contributed by atoms with Crippen LogP contribution in [-0.2, 0) is 0 Å². The summed E-state index contributed by atoms with van der Waals surface area (Å²) in [5.41, 5.74) is 5.03. The molecule has 0 radical (unpaired) electrons. The largest absolute Gasteiger partial charge is 0.136 e. The van der Waals surface area contributed by atoms with Crippen molar-refractivity contribution in [2.24, 2.45) is 0 Å². The third kappa shape index (κ3) is 2.54. The van der Waals surface area contributed by atoms with E-state index in [0.717, 1.165) is 4.66 Å². The van der Waals surface area contributed by atoms with E-state index in [2.05, 4.69) is 90.3 Å². The zero-order valence-electron chi connectivity index (χ0n) is 12.0. The molecule has 2 aromatic carbocycles. The van der Waals surface area contributed by atoms with Crippen molar-refractivity contribution in [3.8, 4) is 0 Å². The molecule has 0 nitrogen and oxygen atoms in total. The first kappa shape index (κ1) is 15.1. The standard InChI is InChI=1S/C18H16ClISi/c1-21(2)17(19)15(13-9-5-3-6-10-13)16(18(21)20)14-11-7-4-8-12-14/h3-12H,1-2H3. The molecule has 0 spiro atoms. The third-order valence-corrected chi connectivity index (χ3v) is 12.8. The molecule has 1 heterocycles. The first-order chi connectivity index (χ1) is 10.0. The second-order valence-electron chi connectivity index (χ2n) is 5.74. The van der Waals surface area contributed by atoms with Crippen LogP contribution in [0, 0.1) is 0 Å². The Morgan fingerprint density at radius 2 is 1.19 bits per heavy atom. The lowest BCUT2D eigenvalue weighted by molar-refractivity contribution is 1.59. The summed E-state index contributed by atoms with van der Waals surface area (Å²) in [6.07, 6.45) is 0. The van der Waals surface area contributed by atoms with Gasteiger partial charge >= 0.3 is 0 Å². The third-order valence-electron chi connectivity index (χ3n) is 3.91. The number of halogens is 2. The van der Waals surface area contributed by atoms with Crippen LogP contribution in [0.4, 0.5) is 0 Å². The van der Waals surface area contributed by atoms with E-state index < -0.39 is 8.07 Å². The molecule has 0 N–H and O–H groups in total. The lowest BCUT2D eigenvalue weighted by Gasteiger charge is -2.16. The highest BCUT2D eigenvalue weighted by molar-refractivity contribution is 14.1. The molecule has 1 aliphatic heterocycles. The Hall–Kier alpha value is -0.843. The summed E-state index contributed by atoms with van der Waals surface area (Å²) in [5, 5.41) is 0. The van der Waals surface area contributed by atoms with Crippen molar-refractivity contribution >= 4 is 53.4 Å². The maximum atomic E-state index is 6.84. The Kier molecular flexibility index (Phi) is 4.12. The van der Waals surface area contributed by atoms with Gasteiger partial charge in [0, 0.05) is 10.2 Å². The summed E-state index contributed by atoms with van der Waals surface area (Å²) in [6.45, 7) is 4.66. The van der Waals surface area contributed by atoms with E-state index in [9.17, 15) is 0 Å². The van der Waals surface area contributed by atoms with E-state index in [1.165, 1.54) is 25.5 Å². The molecule has 0 fully saturated rings. The van der Waals surface area contributed by atoms with E-state index in [4.69, 9.17) is 11.6 Å². The molecule has 0 saturated carbocycles. The molecule has 0 bridgehead atoms. The summed E-state index contributed by atoms with van der Waals surface area (Å²) in [4.78, 5) is 0. The summed E-state index contributed by atoms with van der Waals surface area (Å²) in [7, 11) is -1.73. The number of rotatable bonds is 2. The highest BCUT2D eigenvalue weighted by Gasteiger charge is 2.40. The van der Waals surface area contributed by atoms with E-state index >= 15 is 0 Å². The quantitative estimate of drug-likeness (QED) is 0.394. The van der Waals surface area contributed by atoms with Gasteiger partial charge in [0.2, 0.25) is 0 Å². The van der Waals surface area contributed by atoms with Crippen LogP contribution in [0.5, 0.6) is 0 Å². The van der Waals surface area contributed by atoms with Gasteiger partial charge in [0.25, 0.3) is 0 Å². The van der Waals surface area contributed by atoms with Crippen LogP contribution in [0.1, 0.15) is 11.1 Å². The highest BCUT2D eigenvalue weighted by atomic mass is 127. The molecule has 1 aliphatic rings. The average Bonchev–Trinajstić information content (AvgIpc) is 2.69. The number of benzene rings is 2. The molecule has 106 valence electrons.